The average molecular weight is 276 g/mol. The number of imide groups is 1. The monoisotopic (exact) mass is 276 g/mol. The Kier molecular flexibility index (Phi) is 4.02. The number of aromatic hydroxyl groups is 1. The molecule has 1 aromatic carbocycles. The number of carbonyl (C=O) groups is 3. The van der Waals surface area contributed by atoms with E-state index in [-0.39, 0.29) is 24.5 Å². The molecule has 0 aromatic heterocycles. The number of anilines is 1. The third-order valence-corrected chi connectivity index (χ3v) is 3.21. The van der Waals surface area contributed by atoms with E-state index >= 15 is 0 Å². The van der Waals surface area contributed by atoms with Gasteiger partial charge in [0, 0.05) is 18.4 Å². The summed E-state index contributed by atoms with van der Waals surface area (Å²) < 4.78 is 0. The van der Waals surface area contributed by atoms with Crippen LogP contribution in [0.3, 0.4) is 0 Å². The van der Waals surface area contributed by atoms with Crippen molar-refractivity contribution in [2.75, 3.05) is 5.32 Å². The number of benzene rings is 1. The van der Waals surface area contributed by atoms with Gasteiger partial charge in [-0.15, -0.1) is 0 Å². The lowest BCUT2D eigenvalue weighted by atomic mass is 10.0. The van der Waals surface area contributed by atoms with Crippen molar-refractivity contribution >= 4 is 23.8 Å². The molecule has 6 heteroatoms. The summed E-state index contributed by atoms with van der Waals surface area (Å²) in [5.74, 6) is -0.727. The van der Waals surface area contributed by atoms with Crippen molar-refractivity contribution in [1.29, 1.82) is 0 Å². The Morgan fingerprint density at radius 2 is 2.20 bits per heavy atom. The lowest BCUT2D eigenvalue weighted by molar-refractivity contribution is -0.133. The van der Waals surface area contributed by atoms with Gasteiger partial charge in [-0.3, -0.25) is 14.9 Å². The van der Waals surface area contributed by atoms with Crippen LogP contribution in [0, 0.1) is 6.92 Å². The molecule has 3 N–H and O–H groups in total. The van der Waals surface area contributed by atoms with Crippen molar-refractivity contribution in [1.82, 2.24) is 5.32 Å². The van der Waals surface area contributed by atoms with Gasteiger partial charge in [-0.05, 0) is 25.0 Å². The molecule has 1 unspecified atom stereocenters. The minimum Gasteiger partial charge on any atom is -0.505 e. The number of rotatable bonds is 4. The number of hydrogen-bond donors (Lipinski definition) is 3. The van der Waals surface area contributed by atoms with Gasteiger partial charge in [0.1, 0.15) is 18.1 Å². The van der Waals surface area contributed by atoms with Crippen LogP contribution in [0.25, 0.3) is 0 Å². The molecule has 106 valence electrons. The zero-order valence-corrected chi connectivity index (χ0v) is 11.1. The summed E-state index contributed by atoms with van der Waals surface area (Å²) in [6.07, 6.45) is 1.46. The summed E-state index contributed by atoms with van der Waals surface area (Å²) in [7, 11) is 0. The minimum absolute atomic E-state index is 0.0348. The van der Waals surface area contributed by atoms with E-state index in [4.69, 9.17) is 0 Å². The maximum atomic E-state index is 11.7. The summed E-state index contributed by atoms with van der Waals surface area (Å²) in [6, 6.07) is 2.86. The number of aryl methyl sites for hydroxylation is 1. The summed E-state index contributed by atoms with van der Waals surface area (Å²) in [6.45, 7) is 1.84. The third kappa shape index (κ3) is 2.96. The second-order valence-corrected chi connectivity index (χ2v) is 4.84. The van der Waals surface area contributed by atoms with Crippen LogP contribution in [0.1, 0.15) is 24.0 Å². The Labute approximate surface area is 116 Å². The van der Waals surface area contributed by atoms with E-state index in [1.165, 1.54) is 0 Å². The van der Waals surface area contributed by atoms with Gasteiger partial charge in [0.25, 0.3) is 0 Å². The van der Waals surface area contributed by atoms with Gasteiger partial charge in [-0.2, -0.15) is 0 Å². The summed E-state index contributed by atoms with van der Waals surface area (Å²) in [4.78, 5) is 33.4. The first kappa shape index (κ1) is 14.0. The third-order valence-electron chi connectivity index (χ3n) is 3.21. The van der Waals surface area contributed by atoms with Crippen LogP contribution < -0.4 is 10.6 Å². The molecule has 0 saturated carbocycles. The van der Waals surface area contributed by atoms with E-state index in [2.05, 4.69) is 10.6 Å². The summed E-state index contributed by atoms with van der Waals surface area (Å²) in [5, 5.41) is 15.3. The quantitative estimate of drug-likeness (QED) is 0.426. The predicted molar refractivity (Wildman–Crippen MR) is 72.4 cm³/mol. The number of aldehydes is 1. The fourth-order valence-corrected chi connectivity index (χ4v) is 2.23. The van der Waals surface area contributed by atoms with Gasteiger partial charge in [-0.25, -0.2) is 0 Å². The number of piperidine rings is 1. The van der Waals surface area contributed by atoms with Crippen molar-refractivity contribution < 1.29 is 19.5 Å². The van der Waals surface area contributed by atoms with Gasteiger partial charge in [-0.1, -0.05) is 6.07 Å². The average Bonchev–Trinajstić information content (AvgIpc) is 2.38. The number of phenols is 1. The van der Waals surface area contributed by atoms with E-state index < -0.39 is 11.9 Å². The molecule has 1 aromatic rings. The Bertz CT molecular complexity index is 569. The van der Waals surface area contributed by atoms with E-state index in [9.17, 15) is 19.5 Å². The smallest absolute Gasteiger partial charge is 0.249 e. The number of nitrogens with one attached hydrogen (secondary N) is 2. The minimum atomic E-state index is -0.565. The number of amides is 2. The molecule has 2 rings (SSSR count). The molecule has 20 heavy (non-hydrogen) atoms. The normalized spacial score (nSPS) is 18.6. The van der Waals surface area contributed by atoms with Crippen LogP contribution in [-0.2, 0) is 20.8 Å². The Balaban J connectivity index is 2.22. The topological polar surface area (TPSA) is 95.5 Å². The Hall–Kier alpha value is -2.37. The van der Waals surface area contributed by atoms with Crippen molar-refractivity contribution in [2.45, 2.75) is 32.2 Å². The van der Waals surface area contributed by atoms with E-state index in [1.54, 1.807) is 12.1 Å². The van der Waals surface area contributed by atoms with Crippen LogP contribution in [-0.4, -0.2) is 29.2 Å². The lowest BCUT2D eigenvalue weighted by Crippen LogP contribution is -2.47. The first-order valence-electron chi connectivity index (χ1n) is 6.37. The molecule has 6 nitrogen and oxygen atoms in total. The SMILES string of the molecule is Cc1cc(CC=O)c(O)c(NC2CCC(=O)NC2=O)c1. The van der Waals surface area contributed by atoms with Crippen LogP contribution >= 0.6 is 0 Å². The van der Waals surface area contributed by atoms with Gasteiger partial charge in [0.05, 0.1) is 5.69 Å². The van der Waals surface area contributed by atoms with Gasteiger partial charge in [0.2, 0.25) is 11.8 Å². The Morgan fingerprint density at radius 3 is 2.85 bits per heavy atom. The van der Waals surface area contributed by atoms with Crippen molar-refractivity contribution in [3.8, 4) is 5.75 Å². The molecule has 0 radical (unpaired) electrons. The number of carbonyl (C=O) groups excluding carboxylic acids is 3. The zero-order valence-electron chi connectivity index (χ0n) is 11.1. The number of hydrogen-bond acceptors (Lipinski definition) is 5. The molecule has 1 fully saturated rings. The first-order valence-corrected chi connectivity index (χ1v) is 6.37. The second kappa shape index (κ2) is 5.73. The van der Waals surface area contributed by atoms with Gasteiger partial charge >= 0.3 is 0 Å². The van der Waals surface area contributed by atoms with Crippen LogP contribution in [0.2, 0.25) is 0 Å². The molecule has 0 bridgehead atoms. The maximum Gasteiger partial charge on any atom is 0.249 e. The standard InChI is InChI=1S/C14H16N2O4/c1-8-6-9(4-5-17)13(19)11(7-8)15-10-2-3-12(18)16-14(10)20/h5-7,10,15,19H,2-4H2,1H3,(H,16,18,20). The highest BCUT2D eigenvalue weighted by atomic mass is 16.3. The van der Waals surface area contributed by atoms with Crippen LogP contribution in [0.15, 0.2) is 12.1 Å². The highest BCUT2D eigenvalue weighted by Gasteiger charge is 2.27. The van der Waals surface area contributed by atoms with E-state index in [0.29, 0.717) is 24.0 Å². The molecular formula is C14H16N2O4. The molecule has 1 heterocycles. The van der Waals surface area contributed by atoms with E-state index in [1.807, 2.05) is 6.92 Å². The lowest BCUT2D eigenvalue weighted by Gasteiger charge is -2.24. The molecule has 1 aliphatic heterocycles. The van der Waals surface area contributed by atoms with E-state index in [0.717, 1.165) is 5.56 Å². The van der Waals surface area contributed by atoms with Gasteiger partial charge in [0.15, 0.2) is 0 Å². The summed E-state index contributed by atoms with van der Waals surface area (Å²) in [5.41, 5.74) is 1.78. The van der Waals surface area contributed by atoms with Crippen LogP contribution in [0.4, 0.5) is 5.69 Å². The molecule has 1 aliphatic rings. The highest BCUT2D eigenvalue weighted by Crippen LogP contribution is 2.30. The fourth-order valence-electron chi connectivity index (χ4n) is 2.23. The molecule has 1 saturated heterocycles. The number of phenolic OH excluding ortho intramolecular Hbond substituents is 1. The summed E-state index contributed by atoms with van der Waals surface area (Å²) >= 11 is 0. The first-order chi connectivity index (χ1) is 9.51. The maximum absolute atomic E-state index is 11.7. The largest absolute Gasteiger partial charge is 0.505 e. The van der Waals surface area contributed by atoms with Crippen LogP contribution in [0.5, 0.6) is 5.75 Å². The molecular weight excluding hydrogens is 260 g/mol. The molecule has 2 amide bonds. The van der Waals surface area contributed by atoms with Crippen molar-refractivity contribution in [3.05, 3.63) is 23.3 Å². The second-order valence-electron chi connectivity index (χ2n) is 4.84. The zero-order chi connectivity index (χ0) is 14.7. The fraction of sp³-hybridized carbons (Fsp3) is 0.357. The highest BCUT2D eigenvalue weighted by molar-refractivity contribution is 6.01. The molecule has 1 atom stereocenters. The van der Waals surface area contributed by atoms with Crippen molar-refractivity contribution in [2.24, 2.45) is 0 Å². The molecule has 0 spiro atoms. The Morgan fingerprint density at radius 1 is 1.45 bits per heavy atom. The molecule has 0 aliphatic carbocycles. The van der Waals surface area contributed by atoms with Gasteiger partial charge < -0.3 is 15.2 Å². The predicted octanol–water partition coefficient (Wildman–Crippen LogP) is 0.659. The van der Waals surface area contributed by atoms with Crippen molar-refractivity contribution in [3.63, 3.8) is 0 Å².